The van der Waals surface area contributed by atoms with Gasteiger partial charge in [-0.05, 0) is 11.3 Å². The van der Waals surface area contributed by atoms with Crippen LogP contribution in [-0.2, 0) is 10.1 Å². The van der Waals surface area contributed by atoms with Gasteiger partial charge in [0.2, 0.25) is 0 Å². The minimum atomic E-state index is -4.51. The smallest absolute Gasteiger partial charge is 0.403 e. The first kappa shape index (κ1) is 13.9. The SMILES string of the molecule is O=S(=O)(O)c1ccccc1[Si](O)(O)c1ccccc1. The average molecular weight is 296 g/mol. The molecule has 100 valence electrons. The summed E-state index contributed by atoms with van der Waals surface area (Å²) in [7, 11) is -8.66. The molecule has 0 aliphatic heterocycles. The third-order valence-corrected chi connectivity index (χ3v) is 6.14. The van der Waals surface area contributed by atoms with Crippen molar-refractivity contribution >= 4 is 29.1 Å². The first-order valence-corrected chi connectivity index (χ1v) is 8.74. The molecule has 0 radical (unpaired) electrons. The Morgan fingerprint density at radius 2 is 1.37 bits per heavy atom. The largest absolute Gasteiger partial charge is 0.404 e. The highest BCUT2D eigenvalue weighted by Gasteiger charge is 2.39. The maximum Gasteiger partial charge on any atom is 0.403 e. The molecule has 2 aromatic rings. The lowest BCUT2D eigenvalue weighted by molar-refractivity contribution is 0.399. The molecule has 7 heteroatoms. The second-order valence-electron chi connectivity index (χ2n) is 4.01. The minimum Gasteiger partial charge on any atom is -0.404 e. The van der Waals surface area contributed by atoms with Gasteiger partial charge in [0, 0.05) is 5.19 Å². The first-order valence-electron chi connectivity index (χ1n) is 5.41. The zero-order valence-corrected chi connectivity index (χ0v) is 11.6. The molecule has 0 fully saturated rings. The van der Waals surface area contributed by atoms with E-state index in [0.29, 0.717) is 0 Å². The fourth-order valence-corrected chi connectivity index (χ4v) is 4.94. The molecule has 0 spiro atoms. The highest BCUT2D eigenvalue weighted by molar-refractivity contribution is 7.86. The number of rotatable bonds is 3. The summed E-state index contributed by atoms with van der Waals surface area (Å²) in [5.74, 6) is 0. The zero-order chi connectivity index (χ0) is 14.1. The summed E-state index contributed by atoms with van der Waals surface area (Å²) in [4.78, 5) is 20.2. The Kier molecular flexibility index (Phi) is 3.57. The van der Waals surface area contributed by atoms with Crippen molar-refractivity contribution in [2.24, 2.45) is 0 Å². The van der Waals surface area contributed by atoms with Crippen molar-refractivity contribution in [1.29, 1.82) is 0 Å². The van der Waals surface area contributed by atoms with Gasteiger partial charge in [0.05, 0.1) is 4.90 Å². The maximum absolute atomic E-state index is 11.3. The summed E-state index contributed by atoms with van der Waals surface area (Å²) in [6.07, 6.45) is 0. The summed E-state index contributed by atoms with van der Waals surface area (Å²) in [5.41, 5.74) is 0. The molecule has 0 aliphatic rings. The van der Waals surface area contributed by atoms with E-state index in [1.807, 2.05) is 0 Å². The molecular weight excluding hydrogens is 284 g/mol. The molecule has 2 aromatic carbocycles. The van der Waals surface area contributed by atoms with E-state index in [0.717, 1.165) is 6.07 Å². The van der Waals surface area contributed by atoms with Gasteiger partial charge < -0.3 is 9.59 Å². The Morgan fingerprint density at radius 3 is 1.95 bits per heavy atom. The topological polar surface area (TPSA) is 94.8 Å². The zero-order valence-electron chi connectivity index (χ0n) is 9.76. The van der Waals surface area contributed by atoms with Gasteiger partial charge in [0.1, 0.15) is 0 Å². The fourth-order valence-electron chi connectivity index (χ4n) is 1.81. The van der Waals surface area contributed by atoms with Crippen LogP contribution >= 0.6 is 0 Å². The van der Waals surface area contributed by atoms with Crippen LogP contribution in [0, 0.1) is 0 Å². The van der Waals surface area contributed by atoms with E-state index in [9.17, 15) is 18.0 Å². The molecule has 2 rings (SSSR count). The molecule has 3 N–H and O–H groups in total. The monoisotopic (exact) mass is 296 g/mol. The summed E-state index contributed by atoms with van der Waals surface area (Å²) >= 11 is 0. The molecule has 0 atom stereocenters. The molecule has 0 bridgehead atoms. The molecular formula is C12H12O5SSi. The van der Waals surface area contributed by atoms with E-state index in [-0.39, 0.29) is 10.4 Å². The minimum absolute atomic E-state index is 0.163. The maximum atomic E-state index is 11.3. The Balaban J connectivity index is 2.66. The molecule has 5 nitrogen and oxygen atoms in total. The first-order chi connectivity index (χ1) is 8.83. The van der Waals surface area contributed by atoms with E-state index in [1.54, 1.807) is 18.2 Å². The fraction of sp³-hybridized carbons (Fsp3) is 0. The van der Waals surface area contributed by atoms with E-state index < -0.39 is 23.6 Å². The molecule has 0 heterocycles. The van der Waals surface area contributed by atoms with Gasteiger partial charge in [0.25, 0.3) is 10.1 Å². The highest BCUT2D eigenvalue weighted by atomic mass is 32.2. The van der Waals surface area contributed by atoms with Crippen molar-refractivity contribution in [2.45, 2.75) is 4.90 Å². The molecule has 19 heavy (non-hydrogen) atoms. The quantitative estimate of drug-likeness (QED) is 0.523. The van der Waals surface area contributed by atoms with Crippen molar-refractivity contribution in [3.8, 4) is 0 Å². The summed E-state index contributed by atoms with van der Waals surface area (Å²) in [6.45, 7) is 0. The van der Waals surface area contributed by atoms with Crippen molar-refractivity contribution < 1.29 is 22.6 Å². The summed E-state index contributed by atoms with van der Waals surface area (Å²) < 4.78 is 31.7. The standard InChI is InChI=1S/C12H12O5SSi/c13-18(14,15)11-8-4-5-9-12(11)19(16,17)10-6-2-1-3-7-10/h1-9,16-17H,(H,13,14,15). The van der Waals surface area contributed by atoms with Gasteiger partial charge in [-0.1, -0.05) is 48.5 Å². The van der Waals surface area contributed by atoms with Crippen LogP contribution in [0.3, 0.4) is 0 Å². The average Bonchev–Trinajstić information content (AvgIpc) is 2.39. The van der Waals surface area contributed by atoms with Gasteiger partial charge in [-0.15, -0.1) is 0 Å². The van der Waals surface area contributed by atoms with Gasteiger partial charge in [-0.25, -0.2) is 0 Å². The molecule has 0 aromatic heterocycles. The van der Waals surface area contributed by atoms with Crippen molar-refractivity contribution in [3.05, 3.63) is 54.6 Å². The van der Waals surface area contributed by atoms with Crippen LogP contribution in [0.4, 0.5) is 0 Å². The lowest BCUT2D eigenvalue weighted by Crippen LogP contribution is -2.60. The Morgan fingerprint density at radius 1 is 0.842 bits per heavy atom. The Hall–Kier alpha value is -1.51. The van der Waals surface area contributed by atoms with Gasteiger partial charge in [0.15, 0.2) is 0 Å². The second-order valence-corrected chi connectivity index (χ2v) is 7.86. The van der Waals surface area contributed by atoms with Crippen molar-refractivity contribution in [3.63, 3.8) is 0 Å². The van der Waals surface area contributed by atoms with E-state index >= 15 is 0 Å². The van der Waals surface area contributed by atoms with Crippen LogP contribution in [0.1, 0.15) is 0 Å². The third-order valence-electron chi connectivity index (χ3n) is 2.72. The predicted octanol–water partition coefficient (Wildman–Crippen LogP) is -0.526. The van der Waals surface area contributed by atoms with E-state index in [4.69, 9.17) is 4.55 Å². The van der Waals surface area contributed by atoms with Gasteiger partial charge in [-0.2, -0.15) is 8.42 Å². The van der Waals surface area contributed by atoms with Crippen LogP contribution < -0.4 is 10.4 Å². The molecule has 0 saturated heterocycles. The molecule has 0 amide bonds. The van der Waals surface area contributed by atoms with E-state index in [1.165, 1.54) is 30.3 Å². The number of benzene rings is 2. The van der Waals surface area contributed by atoms with E-state index in [2.05, 4.69) is 0 Å². The number of hydrogen-bond acceptors (Lipinski definition) is 4. The number of hydrogen-bond donors (Lipinski definition) is 3. The molecule has 0 aliphatic carbocycles. The molecule has 0 saturated carbocycles. The summed E-state index contributed by atoms with van der Waals surface area (Å²) in [5, 5.41) is 0.0785. The van der Waals surface area contributed by atoms with Gasteiger partial charge in [-0.3, -0.25) is 4.55 Å². The lowest BCUT2D eigenvalue weighted by atomic mass is 10.4. The predicted molar refractivity (Wildman–Crippen MR) is 72.2 cm³/mol. The van der Waals surface area contributed by atoms with Crippen LogP contribution in [0.2, 0.25) is 0 Å². The summed E-state index contributed by atoms with van der Waals surface area (Å²) in [6, 6.07) is 13.3. The van der Waals surface area contributed by atoms with Crippen LogP contribution in [0.15, 0.2) is 59.5 Å². The Labute approximate surface area is 111 Å². The Bertz CT molecular complexity index is 682. The van der Waals surface area contributed by atoms with Crippen LogP contribution in [0.5, 0.6) is 0 Å². The normalized spacial score (nSPS) is 12.4. The van der Waals surface area contributed by atoms with Crippen LogP contribution in [-0.4, -0.2) is 31.1 Å². The van der Waals surface area contributed by atoms with Crippen molar-refractivity contribution in [2.75, 3.05) is 0 Å². The van der Waals surface area contributed by atoms with Crippen LogP contribution in [0.25, 0.3) is 0 Å². The third kappa shape index (κ3) is 2.75. The molecule has 0 unspecified atom stereocenters. The lowest BCUT2D eigenvalue weighted by Gasteiger charge is -2.20. The van der Waals surface area contributed by atoms with Crippen molar-refractivity contribution in [1.82, 2.24) is 0 Å². The second kappa shape index (κ2) is 4.87. The highest BCUT2D eigenvalue weighted by Crippen LogP contribution is 2.09. The van der Waals surface area contributed by atoms with Gasteiger partial charge >= 0.3 is 8.56 Å².